The molecule has 0 aromatic heterocycles. The van der Waals surface area contributed by atoms with Crippen molar-refractivity contribution >= 4 is 17.7 Å². The SMILES string of the molecule is COC(=O)C(/C=C/c1ccc([N+](=O)[O-])cc1)CC#Cc1ccccc1. The molecule has 5 heteroatoms. The summed E-state index contributed by atoms with van der Waals surface area (Å²) in [5.74, 6) is 5.11. The highest BCUT2D eigenvalue weighted by Crippen LogP contribution is 2.15. The molecule has 0 radical (unpaired) electrons. The molecule has 1 atom stereocenters. The lowest BCUT2D eigenvalue weighted by Crippen LogP contribution is -2.13. The van der Waals surface area contributed by atoms with Crippen LogP contribution in [0.1, 0.15) is 17.5 Å². The van der Waals surface area contributed by atoms with E-state index in [0.29, 0.717) is 6.42 Å². The van der Waals surface area contributed by atoms with Gasteiger partial charge in [0.2, 0.25) is 0 Å². The van der Waals surface area contributed by atoms with E-state index in [9.17, 15) is 14.9 Å². The highest BCUT2D eigenvalue weighted by molar-refractivity contribution is 5.76. The summed E-state index contributed by atoms with van der Waals surface area (Å²) in [6, 6.07) is 15.6. The van der Waals surface area contributed by atoms with Crippen molar-refractivity contribution in [2.24, 2.45) is 5.92 Å². The highest BCUT2D eigenvalue weighted by Gasteiger charge is 2.14. The number of non-ortho nitro benzene ring substituents is 1. The standard InChI is InChI=1S/C20H17NO4/c1-25-20(22)18(9-5-8-16-6-3-2-4-7-16)13-10-17-11-14-19(15-12-17)21(23)24/h2-4,6-7,10-15,18H,9H2,1H3/b13-10+. The topological polar surface area (TPSA) is 69.4 Å². The molecule has 25 heavy (non-hydrogen) atoms. The Kier molecular flexibility index (Phi) is 6.49. The van der Waals surface area contributed by atoms with Crippen LogP contribution in [-0.4, -0.2) is 18.0 Å². The van der Waals surface area contributed by atoms with E-state index in [2.05, 4.69) is 11.8 Å². The van der Waals surface area contributed by atoms with Crippen molar-refractivity contribution < 1.29 is 14.5 Å². The van der Waals surface area contributed by atoms with Gasteiger partial charge in [0, 0.05) is 24.1 Å². The van der Waals surface area contributed by atoms with Crippen molar-refractivity contribution in [3.63, 3.8) is 0 Å². The number of carbonyl (C=O) groups is 1. The Morgan fingerprint density at radius 3 is 2.48 bits per heavy atom. The molecule has 0 fully saturated rings. The first-order valence-corrected chi connectivity index (χ1v) is 7.64. The summed E-state index contributed by atoms with van der Waals surface area (Å²) in [5, 5.41) is 10.7. The van der Waals surface area contributed by atoms with Gasteiger partial charge >= 0.3 is 5.97 Å². The Bertz CT molecular complexity index is 814. The average molecular weight is 335 g/mol. The van der Waals surface area contributed by atoms with Gasteiger partial charge in [0.05, 0.1) is 18.0 Å². The summed E-state index contributed by atoms with van der Waals surface area (Å²) in [6.07, 6.45) is 3.76. The molecule has 0 N–H and O–H groups in total. The van der Waals surface area contributed by atoms with Crippen LogP contribution in [0.5, 0.6) is 0 Å². The zero-order valence-electron chi connectivity index (χ0n) is 13.7. The van der Waals surface area contributed by atoms with Gasteiger partial charge in [-0.3, -0.25) is 14.9 Å². The Morgan fingerprint density at radius 2 is 1.88 bits per heavy atom. The van der Waals surface area contributed by atoms with Gasteiger partial charge in [0.25, 0.3) is 5.69 Å². The maximum atomic E-state index is 11.9. The van der Waals surface area contributed by atoms with Crippen LogP contribution in [0.2, 0.25) is 0 Å². The zero-order valence-corrected chi connectivity index (χ0v) is 13.7. The fraction of sp³-hybridized carbons (Fsp3) is 0.150. The first-order valence-electron chi connectivity index (χ1n) is 7.64. The number of methoxy groups -OCH3 is 1. The van der Waals surface area contributed by atoms with Crippen molar-refractivity contribution in [2.75, 3.05) is 7.11 Å². The van der Waals surface area contributed by atoms with Crippen LogP contribution in [0.25, 0.3) is 6.08 Å². The van der Waals surface area contributed by atoms with Gasteiger partial charge in [-0.1, -0.05) is 42.2 Å². The molecule has 126 valence electrons. The molecule has 5 nitrogen and oxygen atoms in total. The van der Waals surface area contributed by atoms with Crippen molar-refractivity contribution in [2.45, 2.75) is 6.42 Å². The minimum absolute atomic E-state index is 0.0235. The molecule has 0 saturated carbocycles. The van der Waals surface area contributed by atoms with Crippen molar-refractivity contribution in [1.82, 2.24) is 0 Å². The third-order valence-corrected chi connectivity index (χ3v) is 3.46. The molecule has 2 aromatic rings. The Balaban J connectivity index is 2.08. The summed E-state index contributed by atoms with van der Waals surface area (Å²) in [4.78, 5) is 22.1. The lowest BCUT2D eigenvalue weighted by atomic mass is 10.0. The van der Waals surface area contributed by atoms with Crippen LogP contribution < -0.4 is 0 Å². The number of nitrogens with zero attached hydrogens (tertiary/aromatic N) is 1. The first kappa shape index (κ1) is 18.0. The van der Waals surface area contributed by atoms with Crippen molar-refractivity contribution in [1.29, 1.82) is 0 Å². The largest absolute Gasteiger partial charge is 0.469 e. The normalized spacial score (nSPS) is 11.4. The minimum atomic E-state index is -0.503. The summed E-state index contributed by atoms with van der Waals surface area (Å²) >= 11 is 0. The number of rotatable bonds is 5. The molecule has 2 rings (SSSR count). The molecule has 1 unspecified atom stereocenters. The number of carbonyl (C=O) groups excluding carboxylic acids is 1. The number of ether oxygens (including phenoxy) is 1. The lowest BCUT2D eigenvalue weighted by Gasteiger charge is -2.06. The average Bonchev–Trinajstić information content (AvgIpc) is 2.65. The van der Waals surface area contributed by atoms with Gasteiger partial charge in [0.15, 0.2) is 0 Å². The zero-order chi connectivity index (χ0) is 18.1. The van der Waals surface area contributed by atoms with Crippen molar-refractivity contribution in [3.05, 3.63) is 81.9 Å². The van der Waals surface area contributed by atoms with E-state index in [1.807, 2.05) is 30.3 Å². The molecule has 0 heterocycles. The van der Waals surface area contributed by atoms with Gasteiger partial charge < -0.3 is 4.74 Å². The third-order valence-electron chi connectivity index (χ3n) is 3.46. The fourth-order valence-electron chi connectivity index (χ4n) is 2.10. The summed E-state index contributed by atoms with van der Waals surface area (Å²) in [5.41, 5.74) is 1.66. The van der Waals surface area contributed by atoms with E-state index in [1.54, 1.807) is 24.3 Å². The highest BCUT2D eigenvalue weighted by atomic mass is 16.6. The van der Waals surface area contributed by atoms with Gasteiger partial charge in [-0.05, 0) is 29.8 Å². The number of benzene rings is 2. The van der Waals surface area contributed by atoms with Crippen LogP contribution >= 0.6 is 0 Å². The van der Waals surface area contributed by atoms with Crippen LogP contribution in [-0.2, 0) is 9.53 Å². The van der Waals surface area contributed by atoms with Crippen molar-refractivity contribution in [3.8, 4) is 11.8 Å². The Labute approximate surface area is 146 Å². The minimum Gasteiger partial charge on any atom is -0.469 e. The number of nitro benzene ring substituents is 1. The second-order valence-electron chi connectivity index (χ2n) is 5.21. The monoisotopic (exact) mass is 335 g/mol. The van der Waals surface area contributed by atoms with E-state index in [0.717, 1.165) is 11.1 Å². The summed E-state index contributed by atoms with van der Waals surface area (Å²) < 4.78 is 4.81. The van der Waals surface area contributed by atoms with E-state index in [4.69, 9.17) is 4.74 Å². The molecule has 0 spiro atoms. The van der Waals surface area contributed by atoms with Crippen LogP contribution in [0.3, 0.4) is 0 Å². The van der Waals surface area contributed by atoms with E-state index in [-0.39, 0.29) is 11.7 Å². The molecular formula is C20H17NO4. The lowest BCUT2D eigenvalue weighted by molar-refractivity contribution is -0.384. The Morgan fingerprint density at radius 1 is 1.20 bits per heavy atom. The van der Waals surface area contributed by atoms with Gasteiger partial charge in [-0.2, -0.15) is 0 Å². The van der Waals surface area contributed by atoms with Crippen LogP contribution in [0.15, 0.2) is 60.7 Å². The molecule has 0 bridgehead atoms. The molecule has 0 aliphatic carbocycles. The maximum Gasteiger partial charge on any atom is 0.313 e. The van der Waals surface area contributed by atoms with Gasteiger partial charge in [-0.15, -0.1) is 0 Å². The van der Waals surface area contributed by atoms with E-state index >= 15 is 0 Å². The predicted octanol–water partition coefficient (Wildman–Crippen LogP) is 3.84. The smallest absolute Gasteiger partial charge is 0.313 e. The van der Waals surface area contributed by atoms with Crippen LogP contribution in [0, 0.1) is 27.9 Å². The summed E-state index contributed by atoms with van der Waals surface area (Å²) in [7, 11) is 1.33. The van der Waals surface area contributed by atoms with E-state index in [1.165, 1.54) is 19.2 Å². The molecule has 0 amide bonds. The second kappa shape index (κ2) is 9.04. The molecular weight excluding hydrogens is 318 g/mol. The maximum absolute atomic E-state index is 11.9. The third kappa shape index (κ3) is 5.63. The molecule has 0 aliphatic rings. The number of hydrogen-bond acceptors (Lipinski definition) is 4. The fourth-order valence-corrected chi connectivity index (χ4v) is 2.10. The number of nitro groups is 1. The number of hydrogen-bond donors (Lipinski definition) is 0. The molecule has 0 aliphatic heterocycles. The van der Waals surface area contributed by atoms with Crippen LogP contribution in [0.4, 0.5) is 5.69 Å². The van der Waals surface area contributed by atoms with Gasteiger partial charge in [-0.25, -0.2) is 0 Å². The quantitative estimate of drug-likeness (QED) is 0.360. The first-order chi connectivity index (χ1) is 12.1. The predicted molar refractivity (Wildman–Crippen MR) is 95.6 cm³/mol. The molecule has 0 saturated heterocycles. The van der Waals surface area contributed by atoms with Gasteiger partial charge in [0.1, 0.15) is 0 Å². The van der Waals surface area contributed by atoms with E-state index < -0.39 is 10.8 Å². The number of esters is 1. The molecule has 2 aromatic carbocycles. The summed E-state index contributed by atoms with van der Waals surface area (Å²) in [6.45, 7) is 0. The Hall–Kier alpha value is -3.39. The second-order valence-corrected chi connectivity index (χ2v) is 5.21.